The van der Waals surface area contributed by atoms with Crippen LogP contribution in [0.15, 0.2) is 27.6 Å². The van der Waals surface area contributed by atoms with Crippen molar-refractivity contribution in [2.75, 3.05) is 5.73 Å². The summed E-state index contributed by atoms with van der Waals surface area (Å²) in [5, 5.41) is 3.90. The van der Waals surface area contributed by atoms with E-state index in [-0.39, 0.29) is 5.82 Å². The molecule has 1 fully saturated rings. The van der Waals surface area contributed by atoms with Crippen molar-refractivity contribution in [2.24, 2.45) is 0 Å². The summed E-state index contributed by atoms with van der Waals surface area (Å²) in [5.74, 6) is 2.04. The first kappa shape index (κ1) is 11.5. The number of nitrogens with zero attached hydrogens (tertiary/aromatic N) is 2. The fourth-order valence-electron chi connectivity index (χ4n) is 1.60. The van der Waals surface area contributed by atoms with Crippen LogP contribution in [0, 0.1) is 5.82 Å². The number of rotatable bonds is 4. The molecule has 18 heavy (non-hydrogen) atoms. The van der Waals surface area contributed by atoms with Gasteiger partial charge in [-0.05, 0) is 31.0 Å². The molecule has 0 aliphatic heterocycles. The lowest BCUT2D eigenvalue weighted by Crippen LogP contribution is -1.91. The molecule has 3 rings (SSSR count). The van der Waals surface area contributed by atoms with Crippen molar-refractivity contribution in [1.29, 1.82) is 0 Å². The highest BCUT2D eigenvalue weighted by Crippen LogP contribution is 2.39. The topological polar surface area (TPSA) is 64.9 Å². The Morgan fingerprint density at radius 1 is 1.44 bits per heavy atom. The van der Waals surface area contributed by atoms with Crippen LogP contribution in [0.25, 0.3) is 0 Å². The fraction of sp³-hybridized carbons (Fsp3) is 0.333. The predicted molar refractivity (Wildman–Crippen MR) is 66.6 cm³/mol. The van der Waals surface area contributed by atoms with Crippen LogP contribution in [-0.4, -0.2) is 10.1 Å². The minimum absolute atomic E-state index is 0.293. The summed E-state index contributed by atoms with van der Waals surface area (Å²) < 4.78 is 18.2. The van der Waals surface area contributed by atoms with Gasteiger partial charge in [-0.1, -0.05) is 5.16 Å². The molecular weight excluding hydrogens is 253 g/mol. The van der Waals surface area contributed by atoms with Crippen LogP contribution in [0.5, 0.6) is 0 Å². The highest BCUT2D eigenvalue weighted by Gasteiger charge is 2.29. The SMILES string of the molecule is Nc1ccc(F)cc1SCc1noc(C2CC2)n1. The van der Waals surface area contributed by atoms with Gasteiger partial charge in [0.1, 0.15) is 5.82 Å². The van der Waals surface area contributed by atoms with E-state index in [1.54, 1.807) is 6.07 Å². The summed E-state index contributed by atoms with van der Waals surface area (Å²) in [7, 11) is 0. The smallest absolute Gasteiger partial charge is 0.229 e. The van der Waals surface area contributed by atoms with E-state index in [0.29, 0.717) is 28.1 Å². The zero-order valence-corrected chi connectivity index (χ0v) is 10.4. The lowest BCUT2D eigenvalue weighted by atomic mass is 10.3. The summed E-state index contributed by atoms with van der Waals surface area (Å²) in [6.07, 6.45) is 2.26. The number of hydrogen-bond donors (Lipinski definition) is 1. The third-order valence-corrected chi connectivity index (χ3v) is 3.81. The first-order valence-electron chi connectivity index (χ1n) is 5.72. The van der Waals surface area contributed by atoms with Crippen molar-refractivity contribution in [1.82, 2.24) is 10.1 Å². The molecule has 0 spiro atoms. The number of hydrogen-bond acceptors (Lipinski definition) is 5. The van der Waals surface area contributed by atoms with Gasteiger partial charge in [0, 0.05) is 16.5 Å². The predicted octanol–water partition coefficient (Wildman–Crippen LogP) is 2.96. The molecule has 6 heteroatoms. The van der Waals surface area contributed by atoms with Gasteiger partial charge < -0.3 is 10.3 Å². The van der Waals surface area contributed by atoms with Crippen LogP contribution in [0.2, 0.25) is 0 Å². The van der Waals surface area contributed by atoms with Gasteiger partial charge >= 0.3 is 0 Å². The maximum Gasteiger partial charge on any atom is 0.229 e. The third-order valence-electron chi connectivity index (χ3n) is 2.74. The molecule has 0 amide bonds. The lowest BCUT2D eigenvalue weighted by molar-refractivity contribution is 0.375. The molecule has 2 N–H and O–H groups in total. The Balaban J connectivity index is 1.67. The molecule has 1 aliphatic rings. The van der Waals surface area contributed by atoms with E-state index in [9.17, 15) is 4.39 Å². The van der Waals surface area contributed by atoms with E-state index in [4.69, 9.17) is 10.3 Å². The van der Waals surface area contributed by atoms with Gasteiger partial charge in [-0.15, -0.1) is 11.8 Å². The van der Waals surface area contributed by atoms with Crippen LogP contribution < -0.4 is 5.73 Å². The maximum absolute atomic E-state index is 13.1. The number of nitrogens with two attached hydrogens (primary N) is 1. The molecule has 0 radical (unpaired) electrons. The third kappa shape index (κ3) is 2.48. The second-order valence-corrected chi connectivity index (χ2v) is 5.31. The Labute approximate surface area is 108 Å². The second kappa shape index (κ2) is 4.61. The molecule has 2 aromatic rings. The Morgan fingerprint density at radius 3 is 3.06 bits per heavy atom. The zero-order valence-electron chi connectivity index (χ0n) is 9.60. The summed E-state index contributed by atoms with van der Waals surface area (Å²) in [6.45, 7) is 0. The highest BCUT2D eigenvalue weighted by atomic mass is 32.2. The zero-order chi connectivity index (χ0) is 12.5. The van der Waals surface area contributed by atoms with Crippen LogP contribution in [0.4, 0.5) is 10.1 Å². The molecule has 4 nitrogen and oxygen atoms in total. The van der Waals surface area contributed by atoms with E-state index in [1.165, 1.54) is 23.9 Å². The standard InChI is InChI=1S/C12H12FN3OS/c13-8-3-4-9(14)10(5-8)18-6-11-15-12(17-16-11)7-1-2-7/h3-5,7H,1-2,6,14H2. The summed E-state index contributed by atoms with van der Waals surface area (Å²) in [5.41, 5.74) is 6.33. The molecule has 1 aliphatic carbocycles. The van der Waals surface area contributed by atoms with Gasteiger partial charge in [0.2, 0.25) is 5.89 Å². The van der Waals surface area contributed by atoms with Gasteiger partial charge in [-0.25, -0.2) is 4.39 Å². The number of benzene rings is 1. The van der Waals surface area contributed by atoms with Gasteiger partial charge in [0.15, 0.2) is 5.82 Å². The number of nitrogen functional groups attached to an aromatic ring is 1. The van der Waals surface area contributed by atoms with Crippen molar-refractivity contribution in [3.8, 4) is 0 Å². The van der Waals surface area contributed by atoms with Crippen molar-refractivity contribution in [3.63, 3.8) is 0 Å². The average Bonchev–Trinajstić information content (AvgIpc) is 3.10. The van der Waals surface area contributed by atoms with Crippen molar-refractivity contribution in [2.45, 2.75) is 29.4 Å². The van der Waals surface area contributed by atoms with Crippen LogP contribution >= 0.6 is 11.8 Å². The Kier molecular flexibility index (Phi) is 2.95. The van der Waals surface area contributed by atoms with Gasteiger partial charge in [-0.2, -0.15) is 4.98 Å². The second-order valence-electron chi connectivity index (χ2n) is 4.29. The molecule has 1 aromatic heterocycles. The summed E-state index contributed by atoms with van der Waals surface area (Å²) >= 11 is 1.41. The number of aromatic nitrogens is 2. The average molecular weight is 265 g/mol. The monoisotopic (exact) mass is 265 g/mol. The molecule has 0 saturated heterocycles. The lowest BCUT2D eigenvalue weighted by Gasteiger charge is -2.02. The summed E-state index contributed by atoms with van der Waals surface area (Å²) in [6, 6.07) is 4.32. The number of anilines is 1. The van der Waals surface area contributed by atoms with E-state index < -0.39 is 0 Å². The molecule has 94 valence electrons. The molecule has 0 bridgehead atoms. The van der Waals surface area contributed by atoms with Crippen LogP contribution in [0.3, 0.4) is 0 Å². The first-order chi connectivity index (χ1) is 8.72. The minimum atomic E-state index is -0.293. The van der Waals surface area contributed by atoms with E-state index in [0.717, 1.165) is 18.7 Å². The van der Waals surface area contributed by atoms with Crippen molar-refractivity contribution in [3.05, 3.63) is 35.7 Å². The Hall–Kier alpha value is -1.56. The number of halogens is 1. The normalized spacial score (nSPS) is 14.9. The van der Waals surface area contributed by atoms with Gasteiger partial charge in [0.05, 0.1) is 5.75 Å². The number of thioether (sulfide) groups is 1. The minimum Gasteiger partial charge on any atom is -0.398 e. The molecule has 0 atom stereocenters. The van der Waals surface area contributed by atoms with Gasteiger partial charge in [0.25, 0.3) is 0 Å². The molecule has 1 heterocycles. The summed E-state index contributed by atoms with van der Waals surface area (Å²) in [4.78, 5) is 5.01. The highest BCUT2D eigenvalue weighted by molar-refractivity contribution is 7.98. The largest absolute Gasteiger partial charge is 0.398 e. The molecule has 1 saturated carbocycles. The maximum atomic E-state index is 13.1. The fourth-order valence-corrected chi connectivity index (χ4v) is 2.43. The molecular formula is C12H12FN3OS. The van der Waals surface area contributed by atoms with Crippen LogP contribution in [0.1, 0.15) is 30.5 Å². The van der Waals surface area contributed by atoms with E-state index >= 15 is 0 Å². The van der Waals surface area contributed by atoms with E-state index in [1.807, 2.05) is 0 Å². The molecule has 1 aromatic carbocycles. The van der Waals surface area contributed by atoms with Gasteiger partial charge in [-0.3, -0.25) is 0 Å². The quantitative estimate of drug-likeness (QED) is 0.680. The molecule has 0 unspecified atom stereocenters. The Bertz CT molecular complexity index is 568. The van der Waals surface area contributed by atoms with Crippen molar-refractivity contribution < 1.29 is 8.91 Å². The van der Waals surface area contributed by atoms with E-state index in [2.05, 4.69) is 10.1 Å². The Morgan fingerprint density at radius 2 is 2.28 bits per heavy atom. The van der Waals surface area contributed by atoms with Crippen LogP contribution in [-0.2, 0) is 5.75 Å². The first-order valence-corrected chi connectivity index (χ1v) is 6.71. The van der Waals surface area contributed by atoms with Crippen molar-refractivity contribution >= 4 is 17.4 Å².